The van der Waals surface area contributed by atoms with Gasteiger partial charge in [0, 0.05) is 23.9 Å². The molecule has 9 heteroatoms. The Balaban J connectivity index is 1.88. The fourth-order valence-corrected chi connectivity index (χ4v) is 4.68. The molecule has 3 rings (SSSR count). The molecule has 0 aromatic heterocycles. The first-order valence-corrected chi connectivity index (χ1v) is 10.2. The van der Waals surface area contributed by atoms with Gasteiger partial charge in [0.15, 0.2) is 0 Å². The molecule has 144 valence electrons. The fraction of sp³-hybridized carbons (Fsp3) is 0.278. The van der Waals surface area contributed by atoms with Crippen LogP contribution in [0.5, 0.6) is 11.5 Å². The number of anilines is 2. The first-order valence-electron chi connectivity index (χ1n) is 8.18. The largest absolute Gasteiger partial charge is 0.497 e. The monoisotopic (exact) mass is 410 g/mol. The summed E-state index contributed by atoms with van der Waals surface area (Å²) in [6.07, 6.45) is 0.541. The molecule has 1 aliphatic rings. The van der Waals surface area contributed by atoms with Crippen molar-refractivity contribution >= 4 is 38.9 Å². The number of benzene rings is 2. The normalized spacial score (nSPS) is 15.4. The molecular formula is C18H19ClN2O5S. The van der Waals surface area contributed by atoms with E-state index in [1.807, 2.05) is 0 Å². The van der Waals surface area contributed by atoms with Crippen molar-refractivity contribution in [2.24, 2.45) is 0 Å². The first-order chi connectivity index (χ1) is 12.8. The van der Waals surface area contributed by atoms with E-state index >= 15 is 0 Å². The number of methoxy groups -OCH3 is 2. The maximum absolute atomic E-state index is 12.6. The summed E-state index contributed by atoms with van der Waals surface area (Å²) in [4.78, 5) is 12.6. The summed E-state index contributed by atoms with van der Waals surface area (Å²) in [6, 6.07) is 9.56. The SMILES string of the molecule is COc1cc(OC)cc(C(=O)Nc2ccc(Cl)c(N3CCCS3(=O)=O)c2)c1. The molecule has 0 radical (unpaired) electrons. The number of sulfonamides is 1. The molecule has 0 spiro atoms. The topological polar surface area (TPSA) is 84.9 Å². The molecule has 2 aromatic carbocycles. The highest BCUT2D eigenvalue weighted by Crippen LogP contribution is 2.34. The summed E-state index contributed by atoms with van der Waals surface area (Å²) in [5.74, 6) is 0.674. The van der Waals surface area contributed by atoms with Crippen LogP contribution in [-0.4, -0.2) is 40.8 Å². The lowest BCUT2D eigenvalue weighted by Crippen LogP contribution is -2.25. The van der Waals surface area contributed by atoms with Gasteiger partial charge in [-0.2, -0.15) is 0 Å². The molecule has 0 bridgehead atoms. The molecular weight excluding hydrogens is 392 g/mol. The molecule has 27 heavy (non-hydrogen) atoms. The molecule has 0 unspecified atom stereocenters. The molecule has 1 amide bonds. The Hall–Kier alpha value is -2.45. The van der Waals surface area contributed by atoms with E-state index < -0.39 is 10.0 Å². The lowest BCUT2D eigenvalue weighted by molar-refractivity contribution is 0.102. The summed E-state index contributed by atoms with van der Waals surface area (Å²) < 4.78 is 35.9. The van der Waals surface area contributed by atoms with Crippen molar-refractivity contribution in [3.8, 4) is 11.5 Å². The van der Waals surface area contributed by atoms with Gasteiger partial charge in [-0.25, -0.2) is 8.42 Å². The van der Waals surface area contributed by atoms with Crippen LogP contribution in [0.25, 0.3) is 0 Å². The summed E-state index contributed by atoms with van der Waals surface area (Å²) in [5, 5.41) is 3.06. The lowest BCUT2D eigenvalue weighted by Gasteiger charge is -2.19. The maximum atomic E-state index is 12.6. The van der Waals surface area contributed by atoms with Gasteiger partial charge in [0.2, 0.25) is 10.0 Å². The Labute approximate surface area is 162 Å². The average Bonchev–Trinajstić information content (AvgIpc) is 3.01. The Morgan fingerprint density at radius 2 is 1.78 bits per heavy atom. The molecule has 0 atom stereocenters. The number of rotatable bonds is 5. The third kappa shape index (κ3) is 4.12. The zero-order valence-corrected chi connectivity index (χ0v) is 16.4. The van der Waals surface area contributed by atoms with E-state index in [2.05, 4.69) is 5.32 Å². The minimum absolute atomic E-state index is 0.0868. The zero-order chi connectivity index (χ0) is 19.6. The predicted octanol–water partition coefficient (Wildman–Crippen LogP) is 3.15. The van der Waals surface area contributed by atoms with E-state index in [1.165, 1.54) is 18.5 Å². The highest BCUT2D eigenvalue weighted by molar-refractivity contribution is 7.93. The third-order valence-electron chi connectivity index (χ3n) is 4.19. The van der Waals surface area contributed by atoms with Gasteiger partial charge in [0.1, 0.15) is 11.5 Å². The van der Waals surface area contributed by atoms with Crippen molar-refractivity contribution in [1.29, 1.82) is 0 Å². The number of hydrogen-bond donors (Lipinski definition) is 1. The number of nitrogens with zero attached hydrogens (tertiary/aromatic N) is 1. The highest BCUT2D eigenvalue weighted by Gasteiger charge is 2.30. The van der Waals surface area contributed by atoms with Crippen molar-refractivity contribution in [1.82, 2.24) is 0 Å². The van der Waals surface area contributed by atoms with Crippen molar-refractivity contribution in [2.45, 2.75) is 6.42 Å². The number of amides is 1. The van der Waals surface area contributed by atoms with Crippen molar-refractivity contribution in [3.05, 3.63) is 47.0 Å². The van der Waals surface area contributed by atoms with Gasteiger partial charge >= 0.3 is 0 Å². The number of carbonyl (C=O) groups excluding carboxylic acids is 1. The van der Waals surface area contributed by atoms with Crippen LogP contribution in [0, 0.1) is 0 Å². The van der Waals surface area contributed by atoms with E-state index in [4.69, 9.17) is 21.1 Å². The number of nitrogens with one attached hydrogen (secondary N) is 1. The lowest BCUT2D eigenvalue weighted by atomic mass is 10.1. The van der Waals surface area contributed by atoms with Crippen LogP contribution >= 0.6 is 11.6 Å². The first kappa shape index (κ1) is 19.3. The Bertz CT molecular complexity index is 955. The second kappa shape index (κ2) is 7.66. The van der Waals surface area contributed by atoms with E-state index in [9.17, 15) is 13.2 Å². The predicted molar refractivity (Wildman–Crippen MR) is 105 cm³/mol. The van der Waals surface area contributed by atoms with Gasteiger partial charge in [-0.15, -0.1) is 0 Å². The summed E-state index contributed by atoms with van der Waals surface area (Å²) >= 11 is 6.18. The number of carbonyl (C=O) groups is 1. The smallest absolute Gasteiger partial charge is 0.255 e. The number of ether oxygens (including phenoxy) is 2. The van der Waals surface area contributed by atoms with E-state index in [1.54, 1.807) is 36.4 Å². The van der Waals surface area contributed by atoms with Crippen LogP contribution in [-0.2, 0) is 10.0 Å². The van der Waals surface area contributed by atoms with Gasteiger partial charge in [0.25, 0.3) is 5.91 Å². The van der Waals surface area contributed by atoms with Crippen LogP contribution < -0.4 is 19.1 Å². The summed E-state index contributed by atoms with van der Waals surface area (Å²) in [5.41, 5.74) is 1.13. The van der Waals surface area contributed by atoms with Crippen LogP contribution in [0.3, 0.4) is 0 Å². The molecule has 1 aliphatic heterocycles. The Kier molecular flexibility index (Phi) is 5.48. The molecule has 0 aliphatic carbocycles. The van der Waals surface area contributed by atoms with E-state index in [-0.39, 0.29) is 11.7 Å². The molecule has 1 saturated heterocycles. The molecule has 1 N–H and O–H groups in total. The molecule has 2 aromatic rings. The molecule has 1 fully saturated rings. The van der Waals surface area contributed by atoms with Crippen LogP contribution in [0.1, 0.15) is 16.8 Å². The van der Waals surface area contributed by atoms with Crippen LogP contribution in [0.15, 0.2) is 36.4 Å². The second-order valence-electron chi connectivity index (χ2n) is 5.96. The minimum atomic E-state index is -3.37. The van der Waals surface area contributed by atoms with Gasteiger partial charge < -0.3 is 14.8 Å². The van der Waals surface area contributed by atoms with Crippen LogP contribution in [0.2, 0.25) is 5.02 Å². The number of halogens is 1. The summed E-state index contributed by atoms with van der Waals surface area (Å²) in [7, 11) is -0.378. The van der Waals surface area contributed by atoms with E-state index in [0.717, 1.165) is 0 Å². The van der Waals surface area contributed by atoms with Gasteiger partial charge in [-0.3, -0.25) is 9.10 Å². The molecule has 1 heterocycles. The second-order valence-corrected chi connectivity index (χ2v) is 8.38. The van der Waals surface area contributed by atoms with Gasteiger partial charge in [-0.1, -0.05) is 11.6 Å². The van der Waals surface area contributed by atoms with Crippen molar-refractivity contribution < 1.29 is 22.7 Å². The molecule has 7 nitrogen and oxygen atoms in total. The number of hydrogen-bond acceptors (Lipinski definition) is 5. The highest BCUT2D eigenvalue weighted by atomic mass is 35.5. The van der Waals surface area contributed by atoms with Crippen molar-refractivity contribution in [2.75, 3.05) is 36.1 Å². The minimum Gasteiger partial charge on any atom is -0.497 e. The van der Waals surface area contributed by atoms with Crippen molar-refractivity contribution in [3.63, 3.8) is 0 Å². The maximum Gasteiger partial charge on any atom is 0.255 e. The quantitative estimate of drug-likeness (QED) is 0.818. The zero-order valence-electron chi connectivity index (χ0n) is 14.9. The standard InChI is InChI=1S/C18H19ClN2O5S/c1-25-14-8-12(9-15(11-14)26-2)18(22)20-13-4-5-16(19)17(10-13)21-6-3-7-27(21,23)24/h4-5,8-11H,3,6-7H2,1-2H3,(H,20,22). The summed E-state index contributed by atoms with van der Waals surface area (Å²) in [6.45, 7) is 0.368. The van der Waals surface area contributed by atoms with E-state index in [0.29, 0.717) is 46.4 Å². The Morgan fingerprint density at radius 3 is 2.33 bits per heavy atom. The van der Waals surface area contributed by atoms with Gasteiger partial charge in [-0.05, 0) is 36.8 Å². The average molecular weight is 411 g/mol. The Morgan fingerprint density at radius 1 is 1.11 bits per heavy atom. The van der Waals surface area contributed by atoms with Gasteiger partial charge in [0.05, 0.1) is 30.7 Å². The third-order valence-corrected chi connectivity index (χ3v) is 6.36. The van der Waals surface area contributed by atoms with Crippen LogP contribution in [0.4, 0.5) is 11.4 Å². The molecule has 0 saturated carbocycles. The fourth-order valence-electron chi connectivity index (χ4n) is 2.83.